The molecule has 1 aromatic rings. The van der Waals surface area contributed by atoms with Crippen molar-refractivity contribution in [3.8, 4) is 0 Å². The lowest BCUT2D eigenvalue weighted by atomic mass is 9.79. The summed E-state index contributed by atoms with van der Waals surface area (Å²) < 4.78 is 0. The van der Waals surface area contributed by atoms with Gasteiger partial charge in [-0.25, -0.2) is 0 Å². The molecule has 1 saturated heterocycles. The van der Waals surface area contributed by atoms with Gasteiger partial charge in [-0.3, -0.25) is 0 Å². The summed E-state index contributed by atoms with van der Waals surface area (Å²) in [6.45, 7) is 5.80. The average Bonchev–Trinajstić information content (AvgIpc) is 3.02. The minimum Gasteiger partial charge on any atom is -0.382 e. The van der Waals surface area contributed by atoms with E-state index in [1.807, 2.05) is 0 Å². The van der Waals surface area contributed by atoms with Crippen LogP contribution in [0.1, 0.15) is 63.9 Å². The van der Waals surface area contributed by atoms with E-state index in [1.165, 1.54) is 56.3 Å². The van der Waals surface area contributed by atoms with Crippen LogP contribution in [-0.2, 0) is 0 Å². The molecular weight excluding hydrogens is 256 g/mol. The predicted octanol–water partition coefficient (Wildman–Crippen LogP) is 4.53. The minimum absolute atomic E-state index is 0.584. The Morgan fingerprint density at radius 2 is 1.86 bits per heavy atom. The van der Waals surface area contributed by atoms with E-state index in [9.17, 15) is 0 Å². The molecule has 2 nitrogen and oxygen atoms in total. The van der Waals surface area contributed by atoms with Crippen LogP contribution in [0.25, 0.3) is 0 Å². The highest BCUT2D eigenvalue weighted by atomic mass is 15.0. The maximum Gasteiger partial charge on any atom is 0.0377 e. The van der Waals surface area contributed by atoms with Gasteiger partial charge in [0.2, 0.25) is 0 Å². The van der Waals surface area contributed by atoms with Gasteiger partial charge in [0.1, 0.15) is 0 Å². The van der Waals surface area contributed by atoms with E-state index in [0.717, 1.165) is 12.0 Å². The van der Waals surface area contributed by atoms with Crippen LogP contribution in [0.3, 0.4) is 0 Å². The topological polar surface area (TPSA) is 24.1 Å². The molecule has 2 N–H and O–H groups in total. The van der Waals surface area contributed by atoms with Gasteiger partial charge in [0.05, 0.1) is 0 Å². The van der Waals surface area contributed by atoms with E-state index in [4.69, 9.17) is 0 Å². The molecule has 0 amide bonds. The number of rotatable bonds is 4. The van der Waals surface area contributed by atoms with E-state index >= 15 is 0 Å². The van der Waals surface area contributed by atoms with Crippen LogP contribution in [0.15, 0.2) is 24.3 Å². The predicted molar refractivity (Wildman–Crippen MR) is 90.9 cm³/mol. The SMILES string of the molecule is CC(C)c1ccccc1NC1CCCCC1C1CCCN1. The molecule has 3 atom stereocenters. The normalized spacial score (nSPS) is 29.8. The maximum absolute atomic E-state index is 3.92. The molecule has 21 heavy (non-hydrogen) atoms. The fourth-order valence-corrected chi connectivity index (χ4v) is 4.23. The molecule has 116 valence electrons. The summed E-state index contributed by atoms with van der Waals surface area (Å²) in [7, 11) is 0. The Labute approximate surface area is 129 Å². The van der Waals surface area contributed by atoms with Gasteiger partial charge < -0.3 is 10.6 Å². The summed E-state index contributed by atoms with van der Waals surface area (Å²) in [5, 5.41) is 7.66. The molecule has 1 aromatic carbocycles. The van der Waals surface area contributed by atoms with Gasteiger partial charge in [0, 0.05) is 17.8 Å². The number of hydrogen-bond acceptors (Lipinski definition) is 2. The molecule has 2 aliphatic rings. The van der Waals surface area contributed by atoms with Crippen molar-refractivity contribution in [3.63, 3.8) is 0 Å². The standard InChI is InChI=1S/C19H30N2/c1-14(2)15-8-3-5-10-18(15)21-19-11-6-4-9-16(19)17-12-7-13-20-17/h3,5,8,10,14,16-17,19-21H,4,6-7,9,11-13H2,1-2H3. The highest BCUT2D eigenvalue weighted by molar-refractivity contribution is 5.53. The third kappa shape index (κ3) is 3.42. The number of hydrogen-bond donors (Lipinski definition) is 2. The number of nitrogens with one attached hydrogen (secondary N) is 2. The molecule has 0 aromatic heterocycles. The lowest BCUT2D eigenvalue weighted by Crippen LogP contribution is -2.43. The zero-order valence-electron chi connectivity index (χ0n) is 13.6. The van der Waals surface area contributed by atoms with Crippen molar-refractivity contribution in [2.75, 3.05) is 11.9 Å². The van der Waals surface area contributed by atoms with Gasteiger partial charge in [-0.15, -0.1) is 0 Å². The molecule has 2 fully saturated rings. The van der Waals surface area contributed by atoms with Gasteiger partial charge in [-0.05, 0) is 55.7 Å². The quantitative estimate of drug-likeness (QED) is 0.849. The maximum atomic E-state index is 3.92. The van der Waals surface area contributed by atoms with Gasteiger partial charge in [0.25, 0.3) is 0 Å². The first-order valence-electron chi connectivity index (χ1n) is 8.84. The molecule has 1 aliphatic carbocycles. The summed E-state index contributed by atoms with van der Waals surface area (Å²) in [5.74, 6) is 1.39. The van der Waals surface area contributed by atoms with Crippen molar-refractivity contribution in [2.24, 2.45) is 5.92 Å². The molecule has 0 radical (unpaired) electrons. The summed E-state index contributed by atoms with van der Waals surface area (Å²) in [6, 6.07) is 10.3. The first-order chi connectivity index (χ1) is 10.3. The van der Waals surface area contributed by atoms with E-state index < -0.39 is 0 Å². The van der Waals surface area contributed by atoms with E-state index in [1.54, 1.807) is 0 Å². The molecule has 3 unspecified atom stereocenters. The highest BCUT2D eigenvalue weighted by Crippen LogP contribution is 2.34. The smallest absolute Gasteiger partial charge is 0.0377 e. The minimum atomic E-state index is 0.584. The van der Waals surface area contributed by atoms with Gasteiger partial charge in [0.15, 0.2) is 0 Å². The van der Waals surface area contributed by atoms with Crippen LogP contribution < -0.4 is 10.6 Å². The van der Waals surface area contributed by atoms with Crippen LogP contribution in [0.5, 0.6) is 0 Å². The Bertz CT molecular complexity index is 449. The van der Waals surface area contributed by atoms with Gasteiger partial charge >= 0.3 is 0 Å². The highest BCUT2D eigenvalue weighted by Gasteiger charge is 2.33. The van der Waals surface area contributed by atoms with Crippen LogP contribution in [0.2, 0.25) is 0 Å². The zero-order chi connectivity index (χ0) is 14.7. The summed E-state index contributed by atoms with van der Waals surface area (Å²) >= 11 is 0. The van der Waals surface area contributed by atoms with E-state index in [2.05, 4.69) is 48.7 Å². The molecule has 1 aliphatic heterocycles. The van der Waals surface area contributed by atoms with Crippen molar-refractivity contribution in [2.45, 2.75) is 70.4 Å². The van der Waals surface area contributed by atoms with E-state index in [0.29, 0.717) is 12.0 Å². The Kier molecular flexibility index (Phi) is 4.84. The Balaban J connectivity index is 1.75. The number of benzene rings is 1. The van der Waals surface area contributed by atoms with Crippen LogP contribution in [-0.4, -0.2) is 18.6 Å². The van der Waals surface area contributed by atoms with E-state index in [-0.39, 0.29) is 0 Å². The van der Waals surface area contributed by atoms with Crippen molar-refractivity contribution in [1.29, 1.82) is 0 Å². The lowest BCUT2D eigenvalue weighted by Gasteiger charge is -2.37. The van der Waals surface area contributed by atoms with Crippen LogP contribution in [0.4, 0.5) is 5.69 Å². The van der Waals surface area contributed by atoms with Crippen molar-refractivity contribution in [1.82, 2.24) is 5.32 Å². The summed E-state index contributed by atoms with van der Waals surface area (Å²) in [4.78, 5) is 0. The molecule has 1 heterocycles. The second-order valence-corrected chi connectivity index (χ2v) is 7.14. The molecule has 0 spiro atoms. The van der Waals surface area contributed by atoms with Crippen molar-refractivity contribution < 1.29 is 0 Å². The van der Waals surface area contributed by atoms with Crippen molar-refractivity contribution >= 4 is 5.69 Å². The lowest BCUT2D eigenvalue weighted by molar-refractivity contribution is 0.262. The number of para-hydroxylation sites is 1. The van der Waals surface area contributed by atoms with Gasteiger partial charge in [-0.1, -0.05) is 44.9 Å². The largest absolute Gasteiger partial charge is 0.382 e. The van der Waals surface area contributed by atoms with Gasteiger partial charge in [-0.2, -0.15) is 0 Å². The Morgan fingerprint density at radius 3 is 2.62 bits per heavy atom. The second-order valence-electron chi connectivity index (χ2n) is 7.14. The molecule has 2 heteroatoms. The van der Waals surface area contributed by atoms with Crippen LogP contribution in [0, 0.1) is 5.92 Å². The second kappa shape index (κ2) is 6.83. The summed E-state index contributed by atoms with van der Waals surface area (Å²) in [6.07, 6.45) is 8.23. The monoisotopic (exact) mass is 286 g/mol. The number of anilines is 1. The molecular formula is C19H30N2. The zero-order valence-corrected chi connectivity index (χ0v) is 13.6. The third-order valence-electron chi connectivity index (χ3n) is 5.36. The first-order valence-corrected chi connectivity index (χ1v) is 8.84. The third-order valence-corrected chi connectivity index (χ3v) is 5.36. The fraction of sp³-hybridized carbons (Fsp3) is 0.684. The average molecular weight is 286 g/mol. The Morgan fingerprint density at radius 1 is 1.05 bits per heavy atom. The van der Waals surface area contributed by atoms with Crippen LogP contribution >= 0.6 is 0 Å². The Hall–Kier alpha value is -1.02. The molecule has 1 saturated carbocycles. The summed E-state index contributed by atoms with van der Waals surface area (Å²) in [5.41, 5.74) is 2.82. The molecule has 3 rings (SSSR count). The first kappa shape index (κ1) is 14.9. The fourth-order valence-electron chi connectivity index (χ4n) is 4.23. The molecule has 0 bridgehead atoms. The van der Waals surface area contributed by atoms with Crippen molar-refractivity contribution in [3.05, 3.63) is 29.8 Å².